The number of carbonyl (C=O) groups is 1. The van der Waals surface area contributed by atoms with Gasteiger partial charge >= 0.3 is 0 Å². The van der Waals surface area contributed by atoms with E-state index in [1.54, 1.807) is 24.5 Å². The molecule has 31 heavy (non-hydrogen) atoms. The van der Waals surface area contributed by atoms with E-state index < -0.39 is 0 Å². The van der Waals surface area contributed by atoms with Crippen molar-refractivity contribution >= 4 is 11.7 Å². The van der Waals surface area contributed by atoms with Gasteiger partial charge in [-0.3, -0.25) is 9.78 Å². The number of piperazine rings is 1. The minimum absolute atomic E-state index is 0.0162. The van der Waals surface area contributed by atoms with Gasteiger partial charge in [-0.2, -0.15) is 0 Å². The Labute approximate surface area is 181 Å². The number of carbonyl (C=O) groups excluding carboxylic acids is 1. The van der Waals surface area contributed by atoms with Gasteiger partial charge in [0.25, 0.3) is 5.91 Å². The molecule has 0 unspecified atom stereocenters. The SMILES string of the molecule is CCOc1ccc(-c2ccc(N3CCN(C(=O)COc4cccnc4)CC3)nn2)cc1. The van der Waals surface area contributed by atoms with Crippen LogP contribution in [0.4, 0.5) is 5.82 Å². The fourth-order valence-electron chi connectivity index (χ4n) is 3.39. The van der Waals surface area contributed by atoms with Crippen molar-refractivity contribution in [3.8, 4) is 22.8 Å². The van der Waals surface area contributed by atoms with Crippen molar-refractivity contribution in [2.45, 2.75) is 6.92 Å². The maximum atomic E-state index is 12.4. The molecule has 2 aromatic heterocycles. The van der Waals surface area contributed by atoms with E-state index in [1.807, 2.05) is 48.2 Å². The second-order valence-electron chi connectivity index (χ2n) is 7.08. The monoisotopic (exact) mass is 419 g/mol. The molecule has 4 rings (SSSR count). The van der Waals surface area contributed by atoms with Crippen LogP contribution in [0.3, 0.4) is 0 Å². The summed E-state index contributed by atoms with van der Waals surface area (Å²) in [4.78, 5) is 20.3. The Bertz CT molecular complexity index is 972. The van der Waals surface area contributed by atoms with E-state index >= 15 is 0 Å². The summed E-state index contributed by atoms with van der Waals surface area (Å²) < 4.78 is 11.0. The van der Waals surface area contributed by atoms with E-state index in [0.29, 0.717) is 38.5 Å². The summed E-state index contributed by atoms with van der Waals surface area (Å²) in [6, 6.07) is 15.3. The smallest absolute Gasteiger partial charge is 0.260 e. The normalized spacial score (nSPS) is 13.7. The van der Waals surface area contributed by atoms with Crippen LogP contribution in [0.25, 0.3) is 11.3 Å². The number of nitrogens with zero attached hydrogens (tertiary/aromatic N) is 5. The van der Waals surface area contributed by atoms with Crippen molar-refractivity contribution in [3.05, 3.63) is 60.9 Å². The maximum absolute atomic E-state index is 12.4. The van der Waals surface area contributed by atoms with Gasteiger partial charge < -0.3 is 19.3 Å². The molecule has 0 N–H and O–H groups in total. The highest BCUT2D eigenvalue weighted by atomic mass is 16.5. The summed E-state index contributed by atoms with van der Waals surface area (Å²) in [6.07, 6.45) is 3.27. The highest BCUT2D eigenvalue weighted by Gasteiger charge is 2.22. The van der Waals surface area contributed by atoms with Crippen molar-refractivity contribution < 1.29 is 14.3 Å². The predicted octanol–water partition coefficient (Wildman–Crippen LogP) is 2.66. The van der Waals surface area contributed by atoms with Gasteiger partial charge in [0.15, 0.2) is 12.4 Å². The molecule has 8 nitrogen and oxygen atoms in total. The molecule has 0 bridgehead atoms. The molecule has 1 amide bonds. The van der Waals surface area contributed by atoms with Crippen LogP contribution < -0.4 is 14.4 Å². The second-order valence-corrected chi connectivity index (χ2v) is 7.08. The zero-order valence-corrected chi connectivity index (χ0v) is 17.5. The number of pyridine rings is 1. The van der Waals surface area contributed by atoms with Gasteiger partial charge in [0.2, 0.25) is 0 Å². The molecule has 0 radical (unpaired) electrons. The van der Waals surface area contributed by atoms with Gasteiger partial charge in [-0.25, -0.2) is 0 Å². The molecule has 3 aromatic rings. The number of benzene rings is 1. The van der Waals surface area contributed by atoms with Crippen LogP contribution in [0.1, 0.15) is 6.92 Å². The zero-order valence-electron chi connectivity index (χ0n) is 17.5. The number of amides is 1. The van der Waals surface area contributed by atoms with Gasteiger partial charge in [-0.1, -0.05) is 0 Å². The molecule has 1 aliphatic rings. The van der Waals surface area contributed by atoms with Crippen LogP contribution in [0, 0.1) is 0 Å². The Morgan fingerprint density at radius 1 is 0.935 bits per heavy atom. The van der Waals surface area contributed by atoms with Crippen LogP contribution in [0.5, 0.6) is 11.5 Å². The average molecular weight is 419 g/mol. The van der Waals surface area contributed by atoms with E-state index in [-0.39, 0.29) is 12.5 Å². The summed E-state index contributed by atoms with van der Waals surface area (Å²) in [7, 11) is 0. The average Bonchev–Trinajstić information content (AvgIpc) is 2.84. The summed E-state index contributed by atoms with van der Waals surface area (Å²) in [5.74, 6) is 2.22. The van der Waals surface area contributed by atoms with Crippen LogP contribution in [-0.4, -0.2) is 65.4 Å². The number of rotatable bonds is 7. The molecule has 0 saturated carbocycles. The Balaban J connectivity index is 1.29. The van der Waals surface area contributed by atoms with E-state index in [4.69, 9.17) is 9.47 Å². The molecule has 1 fully saturated rings. The molecular weight excluding hydrogens is 394 g/mol. The van der Waals surface area contributed by atoms with Crippen molar-refractivity contribution in [1.82, 2.24) is 20.1 Å². The largest absolute Gasteiger partial charge is 0.494 e. The standard InChI is InChI=1S/C23H25N5O3/c1-2-30-19-7-5-18(6-8-19)21-9-10-22(26-25-21)27-12-14-28(15-13-27)23(29)17-31-20-4-3-11-24-16-20/h3-11,16H,2,12-15,17H2,1H3. The Morgan fingerprint density at radius 2 is 1.74 bits per heavy atom. The van der Waals surface area contributed by atoms with Crippen LogP contribution in [0.15, 0.2) is 60.9 Å². The Morgan fingerprint density at radius 3 is 2.39 bits per heavy atom. The first-order valence-corrected chi connectivity index (χ1v) is 10.4. The van der Waals surface area contributed by atoms with E-state index in [9.17, 15) is 4.79 Å². The second kappa shape index (κ2) is 9.88. The van der Waals surface area contributed by atoms with Crippen LogP contribution in [-0.2, 0) is 4.79 Å². The summed E-state index contributed by atoms with van der Waals surface area (Å²) in [5.41, 5.74) is 1.81. The lowest BCUT2D eigenvalue weighted by Crippen LogP contribution is -2.50. The molecule has 160 valence electrons. The lowest BCUT2D eigenvalue weighted by atomic mass is 10.1. The maximum Gasteiger partial charge on any atom is 0.260 e. The van der Waals surface area contributed by atoms with Gasteiger partial charge in [-0.05, 0) is 55.5 Å². The van der Waals surface area contributed by atoms with Crippen molar-refractivity contribution in [2.24, 2.45) is 0 Å². The summed E-state index contributed by atoms with van der Waals surface area (Å²) >= 11 is 0. The summed E-state index contributed by atoms with van der Waals surface area (Å²) in [5, 5.41) is 8.77. The molecule has 0 atom stereocenters. The van der Waals surface area contributed by atoms with Gasteiger partial charge in [0, 0.05) is 37.9 Å². The lowest BCUT2D eigenvalue weighted by molar-refractivity contribution is -0.133. The first-order valence-electron chi connectivity index (χ1n) is 10.4. The molecular formula is C23H25N5O3. The predicted molar refractivity (Wildman–Crippen MR) is 117 cm³/mol. The molecule has 1 saturated heterocycles. The van der Waals surface area contributed by atoms with Crippen molar-refractivity contribution in [3.63, 3.8) is 0 Å². The van der Waals surface area contributed by atoms with Gasteiger partial charge in [0.05, 0.1) is 18.5 Å². The third kappa shape index (κ3) is 5.28. The zero-order chi connectivity index (χ0) is 21.5. The van der Waals surface area contributed by atoms with Crippen molar-refractivity contribution in [1.29, 1.82) is 0 Å². The number of hydrogen-bond acceptors (Lipinski definition) is 7. The number of hydrogen-bond donors (Lipinski definition) is 0. The van der Waals surface area contributed by atoms with Crippen LogP contribution >= 0.6 is 0 Å². The molecule has 3 heterocycles. The van der Waals surface area contributed by atoms with E-state index in [0.717, 1.165) is 22.8 Å². The van der Waals surface area contributed by atoms with E-state index in [2.05, 4.69) is 20.1 Å². The highest BCUT2D eigenvalue weighted by molar-refractivity contribution is 5.78. The van der Waals surface area contributed by atoms with Gasteiger partial charge in [0.1, 0.15) is 11.5 Å². The third-order valence-corrected chi connectivity index (χ3v) is 5.06. The highest BCUT2D eigenvalue weighted by Crippen LogP contribution is 2.22. The van der Waals surface area contributed by atoms with Gasteiger partial charge in [-0.15, -0.1) is 10.2 Å². The minimum Gasteiger partial charge on any atom is -0.494 e. The molecule has 1 aliphatic heterocycles. The fraction of sp³-hybridized carbons (Fsp3) is 0.304. The van der Waals surface area contributed by atoms with E-state index in [1.165, 1.54) is 0 Å². The van der Waals surface area contributed by atoms with Crippen LogP contribution in [0.2, 0.25) is 0 Å². The molecule has 8 heteroatoms. The summed E-state index contributed by atoms with van der Waals surface area (Å²) in [6.45, 7) is 5.27. The third-order valence-electron chi connectivity index (χ3n) is 5.06. The molecule has 0 aliphatic carbocycles. The topological polar surface area (TPSA) is 80.7 Å². The molecule has 0 spiro atoms. The first kappa shape index (κ1) is 20.6. The quantitative estimate of drug-likeness (QED) is 0.582. The minimum atomic E-state index is -0.0274. The Kier molecular flexibility index (Phi) is 6.56. The number of aromatic nitrogens is 3. The van der Waals surface area contributed by atoms with Crippen molar-refractivity contribution in [2.75, 3.05) is 44.3 Å². The molecule has 1 aromatic carbocycles. The first-order chi connectivity index (χ1) is 15.2. The lowest BCUT2D eigenvalue weighted by Gasteiger charge is -2.35. The number of ether oxygens (including phenoxy) is 2. The fourth-order valence-corrected chi connectivity index (χ4v) is 3.39. The Hall–Kier alpha value is -3.68. The number of anilines is 1.